The maximum absolute atomic E-state index is 12.7. The van der Waals surface area contributed by atoms with E-state index in [1.54, 1.807) is 6.07 Å². The summed E-state index contributed by atoms with van der Waals surface area (Å²) in [6.45, 7) is -1.41. The normalized spacial score (nSPS) is 11.9. The van der Waals surface area contributed by atoms with Crippen LogP contribution in [-0.2, 0) is 4.74 Å². The lowest BCUT2D eigenvalue weighted by Crippen LogP contribution is -2.33. The van der Waals surface area contributed by atoms with Crippen molar-refractivity contribution in [3.8, 4) is 0 Å². The van der Waals surface area contributed by atoms with Crippen molar-refractivity contribution in [2.75, 3.05) is 25.1 Å². The van der Waals surface area contributed by atoms with Gasteiger partial charge in [0.1, 0.15) is 12.4 Å². The van der Waals surface area contributed by atoms with E-state index in [-0.39, 0.29) is 13.2 Å². The second kappa shape index (κ2) is 6.53. The summed E-state index contributed by atoms with van der Waals surface area (Å²) in [6.07, 6.45) is -3.74. The van der Waals surface area contributed by atoms with Gasteiger partial charge in [-0.3, -0.25) is 0 Å². The van der Waals surface area contributed by atoms with Gasteiger partial charge >= 0.3 is 12.3 Å². The lowest BCUT2D eigenvalue weighted by atomic mass is 10.3. The van der Waals surface area contributed by atoms with E-state index in [1.165, 1.54) is 18.2 Å². The highest BCUT2D eigenvalue weighted by atomic mass is 19.3. The molecule has 1 rings (SSSR count). The van der Waals surface area contributed by atoms with Crippen molar-refractivity contribution in [1.29, 1.82) is 0 Å². The number of hydrogen-bond donors (Lipinski definition) is 1. The van der Waals surface area contributed by atoms with Gasteiger partial charge in [0.05, 0.1) is 6.61 Å². The summed E-state index contributed by atoms with van der Waals surface area (Å²) in [4.78, 5) is 0. The summed E-state index contributed by atoms with van der Waals surface area (Å²) in [5, 5.41) is 2.70. The minimum absolute atomic E-state index is 0.114. The number of benzene rings is 1. The predicted octanol–water partition coefficient (Wildman–Crippen LogP) is 3.15. The Hall–Kier alpha value is -1.37. The maximum Gasteiger partial charge on any atom is 0.330 e. The van der Waals surface area contributed by atoms with Gasteiger partial charge in [-0.15, -0.1) is 0 Å². The van der Waals surface area contributed by atoms with Crippen molar-refractivity contribution in [3.63, 3.8) is 0 Å². The Kier molecular flexibility index (Phi) is 5.33. The van der Waals surface area contributed by atoms with Crippen LogP contribution in [0.3, 0.4) is 0 Å². The van der Waals surface area contributed by atoms with Crippen LogP contribution >= 0.6 is 0 Å². The Morgan fingerprint density at radius 3 is 2.61 bits per heavy atom. The second-order valence-electron chi connectivity index (χ2n) is 3.55. The Bertz CT molecular complexity index is 372. The van der Waals surface area contributed by atoms with Crippen LogP contribution in [0.15, 0.2) is 24.3 Å². The summed E-state index contributed by atoms with van der Waals surface area (Å²) < 4.78 is 65.5. The van der Waals surface area contributed by atoms with E-state index in [4.69, 9.17) is 0 Å². The zero-order valence-corrected chi connectivity index (χ0v) is 9.31. The third-order valence-electron chi connectivity index (χ3n) is 2.01. The molecule has 0 unspecified atom stereocenters. The van der Waals surface area contributed by atoms with Crippen LogP contribution in [0.5, 0.6) is 0 Å². The number of anilines is 1. The molecule has 2 nitrogen and oxygen atoms in total. The molecule has 0 aliphatic rings. The van der Waals surface area contributed by atoms with E-state index >= 15 is 0 Å². The molecule has 0 bridgehead atoms. The summed E-state index contributed by atoms with van der Waals surface area (Å²) in [5.74, 6) is -4.58. The molecule has 7 heteroatoms. The van der Waals surface area contributed by atoms with E-state index < -0.39 is 24.8 Å². The molecule has 18 heavy (non-hydrogen) atoms. The molecule has 1 aromatic rings. The van der Waals surface area contributed by atoms with Gasteiger partial charge in [0.25, 0.3) is 0 Å². The summed E-state index contributed by atoms with van der Waals surface area (Å²) in [6, 6.07) is 5.53. The lowest BCUT2D eigenvalue weighted by molar-refractivity contribution is -0.164. The molecule has 0 heterocycles. The van der Waals surface area contributed by atoms with E-state index in [2.05, 4.69) is 10.1 Å². The second-order valence-corrected chi connectivity index (χ2v) is 3.55. The quantitative estimate of drug-likeness (QED) is 0.606. The number of halogens is 5. The molecule has 0 aromatic heterocycles. The monoisotopic (exact) mass is 269 g/mol. The van der Waals surface area contributed by atoms with Gasteiger partial charge in [0.2, 0.25) is 0 Å². The van der Waals surface area contributed by atoms with Crippen LogP contribution in [0.1, 0.15) is 0 Å². The van der Waals surface area contributed by atoms with Gasteiger partial charge in [-0.1, -0.05) is 6.07 Å². The third kappa shape index (κ3) is 4.87. The van der Waals surface area contributed by atoms with E-state index in [0.29, 0.717) is 5.69 Å². The average molecular weight is 269 g/mol. The highest BCUT2D eigenvalue weighted by molar-refractivity contribution is 5.42. The minimum Gasteiger partial charge on any atom is -0.383 e. The highest BCUT2D eigenvalue weighted by Crippen LogP contribution is 2.22. The molecule has 0 radical (unpaired) electrons. The number of alkyl halides is 4. The predicted molar refractivity (Wildman–Crippen MR) is 56.7 cm³/mol. The summed E-state index contributed by atoms with van der Waals surface area (Å²) in [7, 11) is 0. The number of rotatable bonds is 7. The van der Waals surface area contributed by atoms with Crippen LogP contribution in [0.25, 0.3) is 0 Å². The first-order valence-corrected chi connectivity index (χ1v) is 5.15. The molecule has 0 saturated heterocycles. The zero-order valence-electron chi connectivity index (χ0n) is 9.31. The van der Waals surface area contributed by atoms with E-state index in [1.807, 2.05) is 0 Å². The van der Waals surface area contributed by atoms with Crippen molar-refractivity contribution in [2.45, 2.75) is 12.3 Å². The molecule has 0 aliphatic heterocycles. The van der Waals surface area contributed by atoms with Crippen LogP contribution in [0.4, 0.5) is 27.6 Å². The lowest BCUT2D eigenvalue weighted by Gasteiger charge is -2.15. The Balaban J connectivity index is 2.20. The Morgan fingerprint density at radius 2 is 2.00 bits per heavy atom. The van der Waals surface area contributed by atoms with Crippen molar-refractivity contribution in [2.24, 2.45) is 0 Å². The molecule has 1 N–H and O–H groups in total. The zero-order chi connectivity index (χ0) is 13.6. The summed E-state index contributed by atoms with van der Waals surface area (Å²) >= 11 is 0. The third-order valence-corrected chi connectivity index (χ3v) is 2.01. The molecule has 1 aromatic carbocycles. The van der Waals surface area contributed by atoms with Crippen molar-refractivity contribution in [1.82, 2.24) is 0 Å². The van der Waals surface area contributed by atoms with Crippen molar-refractivity contribution < 1.29 is 26.7 Å². The first kappa shape index (κ1) is 14.7. The molecule has 102 valence electrons. The summed E-state index contributed by atoms with van der Waals surface area (Å²) in [5.41, 5.74) is 0.458. The minimum atomic E-state index is -4.14. The van der Waals surface area contributed by atoms with Crippen LogP contribution in [-0.4, -0.2) is 32.1 Å². The molecule has 0 saturated carbocycles. The van der Waals surface area contributed by atoms with Crippen LogP contribution in [0, 0.1) is 5.82 Å². The number of nitrogens with one attached hydrogen (secondary N) is 1. The topological polar surface area (TPSA) is 21.3 Å². The van der Waals surface area contributed by atoms with Crippen LogP contribution < -0.4 is 5.32 Å². The number of ether oxygens (including phenoxy) is 1. The SMILES string of the molecule is Fc1cccc(NCCOCC(F)(F)C(F)F)c1. The first-order chi connectivity index (χ1) is 8.42. The molecule has 0 aliphatic carbocycles. The van der Waals surface area contributed by atoms with E-state index in [0.717, 1.165) is 0 Å². The van der Waals surface area contributed by atoms with Gasteiger partial charge in [-0.25, -0.2) is 13.2 Å². The first-order valence-electron chi connectivity index (χ1n) is 5.15. The van der Waals surface area contributed by atoms with Crippen molar-refractivity contribution >= 4 is 5.69 Å². The smallest absolute Gasteiger partial charge is 0.330 e. The van der Waals surface area contributed by atoms with E-state index in [9.17, 15) is 22.0 Å². The van der Waals surface area contributed by atoms with Crippen molar-refractivity contribution in [3.05, 3.63) is 30.1 Å². The van der Waals surface area contributed by atoms with Gasteiger partial charge in [-0.05, 0) is 18.2 Å². The van der Waals surface area contributed by atoms with Crippen LogP contribution in [0.2, 0.25) is 0 Å². The fourth-order valence-corrected chi connectivity index (χ4v) is 1.14. The van der Waals surface area contributed by atoms with Gasteiger partial charge in [0.15, 0.2) is 0 Å². The fourth-order valence-electron chi connectivity index (χ4n) is 1.14. The molecule has 0 atom stereocenters. The van der Waals surface area contributed by atoms with Gasteiger partial charge in [-0.2, -0.15) is 8.78 Å². The Morgan fingerprint density at radius 1 is 1.28 bits per heavy atom. The average Bonchev–Trinajstić information content (AvgIpc) is 2.28. The van der Waals surface area contributed by atoms with Gasteiger partial charge < -0.3 is 10.1 Å². The van der Waals surface area contributed by atoms with Gasteiger partial charge in [0, 0.05) is 12.2 Å². The molecule has 0 fully saturated rings. The number of hydrogen-bond acceptors (Lipinski definition) is 2. The molecular formula is C11H12F5NO. The standard InChI is InChI=1S/C11H12F5NO/c12-8-2-1-3-9(6-8)17-4-5-18-7-11(15,16)10(13)14/h1-3,6,10,17H,4-5,7H2. The molecular weight excluding hydrogens is 257 g/mol. The largest absolute Gasteiger partial charge is 0.383 e. The maximum atomic E-state index is 12.7. The molecule has 0 amide bonds. The Labute approximate surface area is 101 Å². The molecule has 0 spiro atoms. The fraction of sp³-hybridized carbons (Fsp3) is 0.455. The highest BCUT2D eigenvalue weighted by Gasteiger charge is 2.40.